The number of carbonyl (C=O) groups excluding carboxylic acids is 1. The third-order valence-electron chi connectivity index (χ3n) is 6.12. The van der Waals surface area contributed by atoms with Crippen LogP contribution in [0.15, 0.2) is 24.5 Å². The summed E-state index contributed by atoms with van der Waals surface area (Å²) in [7, 11) is 2.00. The maximum atomic E-state index is 15.3. The van der Waals surface area contributed by atoms with E-state index < -0.39 is 11.9 Å². The molecule has 4 heterocycles. The summed E-state index contributed by atoms with van der Waals surface area (Å²) in [6, 6.07) is 3.29. The van der Waals surface area contributed by atoms with Gasteiger partial charge in [-0.2, -0.15) is 0 Å². The molecule has 1 atom stereocenters. The van der Waals surface area contributed by atoms with Crippen LogP contribution in [-0.2, 0) is 0 Å². The van der Waals surface area contributed by atoms with Crippen LogP contribution >= 0.6 is 0 Å². The number of ether oxygens (including phenoxy) is 2. The maximum Gasteiger partial charge on any atom is 0.414 e. The largest absolute Gasteiger partial charge is 0.474 e. The molecule has 1 aromatic carbocycles. The van der Waals surface area contributed by atoms with E-state index >= 15 is 4.39 Å². The molecule has 1 amide bonds. The van der Waals surface area contributed by atoms with Crippen molar-refractivity contribution >= 4 is 28.2 Å². The minimum Gasteiger partial charge on any atom is -0.474 e. The molecular formula is C23H25FN6O3. The topological polar surface area (TPSA) is 115 Å². The number of nitrogens with two attached hydrogens (primary N) is 1. The molecule has 0 radical (unpaired) electrons. The number of halogens is 1. The monoisotopic (exact) mass is 452 g/mol. The van der Waals surface area contributed by atoms with Gasteiger partial charge in [-0.3, -0.25) is 0 Å². The van der Waals surface area contributed by atoms with Crippen molar-refractivity contribution in [3.63, 3.8) is 0 Å². The third kappa shape index (κ3) is 3.97. The van der Waals surface area contributed by atoms with Gasteiger partial charge in [-0.05, 0) is 44.0 Å². The summed E-state index contributed by atoms with van der Waals surface area (Å²) in [6.07, 6.45) is 3.29. The summed E-state index contributed by atoms with van der Waals surface area (Å²) in [4.78, 5) is 22.9. The van der Waals surface area contributed by atoms with Crippen molar-refractivity contribution in [2.75, 3.05) is 44.3 Å². The van der Waals surface area contributed by atoms with Gasteiger partial charge < -0.3 is 30.7 Å². The van der Waals surface area contributed by atoms with Gasteiger partial charge in [0, 0.05) is 54.1 Å². The van der Waals surface area contributed by atoms with Crippen molar-refractivity contribution in [1.29, 1.82) is 0 Å². The normalized spacial score (nSPS) is 17.8. The SMILES string of the molecule is Cc1c(-c2cc3cc(OC(=O)N[C@@H]4CCN(C)C4)ncc3c(N)c2F)cnc2c1NCCO2. The van der Waals surface area contributed by atoms with E-state index in [1.54, 1.807) is 18.3 Å². The lowest BCUT2D eigenvalue weighted by molar-refractivity contribution is 0.194. The molecule has 0 unspecified atom stereocenters. The van der Waals surface area contributed by atoms with Gasteiger partial charge in [-0.1, -0.05) is 0 Å². The van der Waals surface area contributed by atoms with Crippen LogP contribution in [0.25, 0.3) is 21.9 Å². The van der Waals surface area contributed by atoms with E-state index in [2.05, 4.69) is 25.5 Å². The number of pyridine rings is 2. The van der Waals surface area contributed by atoms with Crippen LogP contribution < -0.4 is 25.8 Å². The minimum absolute atomic E-state index is 0.0266. The third-order valence-corrected chi connectivity index (χ3v) is 6.12. The number of nitrogens with zero attached hydrogens (tertiary/aromatic N) is 3. The summed E-state index contributed by atoms with van der Waals surface area (Å²) in [5.74, 6) is 0.0531. The summed E-state index contributed by atoms with van der Waals surface area (Å²) < 4.78 is 26.2. The molecule has 0 aliphatic carbocycles. The second-order valence-electron chi connectivity index (χ2n) is 8.43. The second-order valence-corrected chi connectivity index (χ2v) is 8.43. The number of aromatic nitrogens is 2. The van der Waals surface area contributed by atoms with Crippen molar-refractivity contribution in [3.05, 3.63) is 35.9 Å². The standard InChI is InChI=1S/C23H25FN6O3/c1-12-16(9-28-22-21(12)26-4-6-32-22)15-7-13-8-18(27-10-17(13)20(25)19(15)24)33-23(31)29-14-3-5-30(2)11-14/h7-10,14,26H,3-6,11,25H2,1-2H3,(H,29,31)/t14-/m1/s1. The van der Waals surface area contributed by atoms with Crippen molar-refractivity contribution < 1.29 is 18.7 Å². The van der Waals surface area contributed by atoms with Crippen molar-refractivity contribution in [2.45, 2.75) is 19.4 Å². The lowest BCUT2D eigenvalue weighted by Gasteiger charge is -2.22. The second kappa shape index (κ2) is 8.36. The Kier molecular flexibility index (Phi) is 5.37. The first kappa shape index (κ1) is 21.2. The molecule has 1 fully saturated rings. The molecule has 2 aliphatic rings. The number of anilines is 2. The number of hydrogen-bond donors (Lipinski definition) is 3. The Morgan fingerprint density at radius 2 is 2.18 bits per heavy atom. The van der Waals surface area contributed by atoms with Crippen LogP contribution in [-0.4, -0.2) is 60.3 Å². The summed E-state index contributed by atoms with van der Waals surface area (Å²) in [5.41, 5.74) is 8.54. The zero-order valence-electron chi connectivity index (χ0n) is 18.4. The van der Waals surface area contributed by atoms with Crippen LogP contribution in [0.2, 0.25) is 0 Å². The van der Waals surface area contributed by atoms with Gasteiger partial charge in [-0.25, -0.2) is 19.2 Å². The lowest BCUT2D eigenvalue weighted by Crippen LogP contribution is -2.38. The van der Waals surface area contributed by atoms with Gasteiger partial charge >= 0.3 is 6.09 Å². The fourth-order valence-electron chi connectivity index (χ4n) is 4.37. The zero-order valence-corrected chi connectivity index (χ0v) is 18.4. The molecular weight excluding hydrogens is 427 g/mol. The predicted octanol–water partition coefficient (Wildman–Crippen LogP) is 2.92. The molecule has 10 heteroatoms. The van der Waals surface area contributed by atoms with Crippen LogP contribution in [0.3, 0.4) is 0 Å². The first-order valence-electron chi connectivity index (χ1n) is 10.8. The first-order chi connectivity index (χ1) is 15.9. The number of benzene rings is 1. The van der Waals surface area contributed by atoms with E-state index in [1.165, 1.54) is 6.20 Å². The van der Waals surface area contributed by atoms with Crippen LogP contribution in [0, 0.1) is 12.7 Å². The van der Waals surface area contributed by atoms with Gasteiger partial charge in [0.1, 0.15) is 12.3 Å². The molecule has 172 valence electrons. The average molecular weight is 452 g/mol. The number of fused-ring (bicyclic) bond motifs is 2. The lowest BCUT2D eigenvalue weighted by atomic mass is 9.97. The molecule has 5 rings (SSSR count). The number of nitrogen functional groups attached to an aromatic ring is 1. The van der Waals surface area contributed by atoms with Gasteiger partial charge in [0.05, 0.1) is 5.69 Å². The van der Waals surface area contributed by atoms with E-state index in [0.29, 0.717) is 40.9 Å². The molecule has 0 spiro atoms. The quantitative estimate of drug-likeness (QED) is 0.520. The van der Waals surface area contributed by atoms with E-state index in [1.807, 2.05) is 14.0 Å². The van der Waals surface area contributed by atoms with Crippen LogP contribution in [0.1, 0.15) is 12.0 Å². The van der Waals surface area contributed by atoms with Crippen LogP contribution in [0.4, 0.5) is 20.6 Å². The van der Waals surface area contributed by atoms with Crippen LogP contribution in [0.5, 0.6) is 11.8 Å². The highest BCUT2D eigenvalue weighted by atomic mass is 19.1. The Bertz CT molecular complexity index is 1250. The fraction of sp³-hybridized carbons (Fsp3) is 0.348. The number of nitrogens with one attached hydrogen (secondary N) is 2. The average Bonchev–Trinajstić information content (AvgIpc) is 3.21. The van der Waals surface area contributed by atoms with Crippen molar-refractivity contribution in [2.24, 2.45) is 0 Å². The van der Waals surface area contributed by atoms with Gasteiger partial charge in [-0.15, -0.1) is 0 Å². The fourth-order valence-corrected chi connectivity index (χ4v) is 4.37. The number of carbonyl (C=O) groups is 1. The van der Waals surface area contributed by atoms with Gasteiger partial charge in [0.25, 0.3) is 0 Å². The molecule has 0 bridgehead atoms. The van der Waals surface area contributed by atoms with E-state index in [0.717, 1.165) is 30.8 Å². The molecule has 4 N–H and O–H groups in total. The first-order valence-corrected chi connectivity index (χ1v) is 10.8. The predicted molar refractivity (Wildman–Crippen MR) is 123 cm³/mol. The number of amides is 1. The Hall–Kier alpha value is -3.66. The molecule has 33 heavy (non-hydrogen) atoms. The molecule has 3 aromatic rings. The highest BCUT2D eigenvalue weighted by Crippen LogP contribution is 2.39. The zero-order chi connectivity index (χ0) is 23.1. The number of hydrogen-bond acceptors (Lipinski definition) is 8. The summed E-state index contributed by atoms with van der Waals surface area (Å²) in [5, 5.41) is 7.14. The number of rotatable bonds is 3. The van der Waals surface area contributed by atoms with Crippen molar-refractivity contribution in [1.82, 2.24) is 20.2 Å². The highest BCUT2D eigenvalue weighted by Gasteiger charge is 2.23. The Labute approximate surface area is 190 Å². The van der Waals surface area contributed by atoms with Crippen molar-refractivity contribution in [3.8, 4) is 22.9 Å². The summed E-state index contributed by atoms with van der Waals surface area (Å²) in [6.45, 7) is 4.74. The molecule has 9 nitrogen and oxygen atoms in total. The molecule has 2 aliphatic heterocycles. The molecule has 1 saturated heterocycles. The van der Waals surface area contributed by atoms with E-state index in [4.69, 9.17) is 15.2 Å². The highest BCUT2D eigenvalue weighted by molar-refractivity contribution is 5.98. The smallest absolute Gasteiger partial charge is 0.414 e. The summed E-state index contributed by atoms with van der Waals surface area (Å²) >= 11 is 0. The Balaban J connectivity index is 1.47. The Morgan fingerprint density at radius 3 is 2.97 bits per heavy atom. The maximum absolute atomic E-state index is 15.3. The molecule has 0 saturated carbocycles. The van der Waals surface area contributed by atoms with E-state index in [9.17, 15) is 4.79 Å². The van der Waals surface area contributed by atoms with Gasteiger partial charge in [0.15, 0.2) is 5.82 Å². The number of likely N-dealkylation sites (N-methyl/N-ethyl adjacent to an activating group) is 1. The van der Waals surface area contributed by atoms with Gasteiger partial charge in [0.2, 0.25) is 11.8 Å². The molecule has 2 aromatic heterocycles. The minimum atomic E-state index is -0.571. The van der Waals surface area contributed by atoms with E-state index in [-0.39, 0.29) is 17.6 Å². The Morgan fingerprint density at radius 1 is 1.33 bits per heavy atom. The number of likely N-dealkylation sites (tertiary alicyclic amines) is 1.